The molecule has 0 atom stereocenters. The molecular formula is C19H30IN7O. The van der Waals surface area contributed by atoms with E-state index in [1.54, 1.807) is 25.3 Å². The van der Waals surface area contributed by atoms with Crippen LogP contribution in [0.5, 0.6) is 0 Å². The van der Waals surface area contributed by atoms with E-state index in [0.717, 1.165) is 36.9 Å². The fourth-order valence-corrected chi connectivity index (χ4v) is 2.60. The molecule has 2 N–H and O–H groups in total. The van der Waals surface area contributed by atoms with Crippen molar-refractivity contribution >= 4 is 35.8 Å². The Morgan fingerprint density at radius 1 is 1.25 bits per heavy atom. The summed E-state index contributed by atoms with van der Waals surface area (Å²) >= 11 is 0. The molecule has 28 heavy (non-hydrogen) atoms. The van der Waals surface area contributed by atoms with Gasteiger partial charge in [-0.15, -0.1) is 34.2 Å². The van der Waals surface area contributed by atoms with E-state index in [-0.39, 0.29) is 29.9 Å². The molecule has 1 aromatic carbocycles. The van der Waals surface area contributed by atoms with Crippen LogP contribution in [0.1, 0.15) is 35.6 Å². The second-order valence-electron chi connectivity index (χ2n) is 6.31. The topological polar surface area (TPSA) is 87.4 Å². The van der Waals surface area contributed by atoms with Gasteiger partial charge < -0.3 is 20.1 Å². The SMILES string of the molecule is CCNC(=NCc1nncn1CC)NCCc1cccc(C(=O)N(C)C)c1.I. The molecule has 8 nitrogen and oxygen atoms in total. The molecule has 0 unspecified atom stereocenters. The highest BCUT2D eigenvalue weighted by molar-refractivity contribution is 14.0. The van der Waals surface area contributed by atoms with Crippen molar-refractivity contribution in [2.45, 2.75) is 33.4 Å². The summed E-state index contributed by atoms with van der Waals surface area (Å²) in [5, 5.41) is 14.6. The van der Waals surface area contributed by atoms with Gasteiger partial charge in [-0.25, -0.2) is 4.99 Å². The van der Waals surface area contributed by atoms with Crippen LogP contribution in [0.15, 0.2) is 35.6 Å². The maximum absolute atomic E-state index is 12.1. The number of aryl methyl sites for hydroxylation is 1. The number of aliphatic imine (C=N–C) groups is 1. The Bertz CT molecular complexity index is 773. The van der Waals surface area contributed by atoms with Gasteiger partial charge in [-0.1, -0.05) is 12.1 Å². The molecule has 0 spiro atoms. The Balaban J connectivity index is 0.00000392. The first kappa shape index (κ1) is 23.9. The first-order valence-electron chi connectivity index (χ1n) is 9.24. The van der Waals surface area contributed by atoms with Gasteiger partial charge in [0.1, 0.15) is 12.9 Å². The third kappa shape index (κ3) is 7.10. The molecular weight excluding hydrogens is 469 g/mol. The molecule has 1 amide bonds. The molecule has 0 saturated carbocycles. The van der Waals surface area contributed by atoms with Crippen LogP contribution in [-0.4, -0.2) is 58.7 Å². The molecule has 2 aromatic rings. The number of carbonyl (C=O) groups is 1. The molecule has 9 heteroatoms. The summed E-state index contributed by atoms with van der Waals surface area (Å²) in [5.41, 5.74) is 1.81. The second-order valence-corrected chi connectivity index (χ2v) is 6.31. The zero-order valence-corrected chi connectivity index (χ0v) is 19.3. The van der Waals surface area contributed by atoms with E-state index in [0.29, 0.717) is 18.7 Å². The third-order valence-electron chi connectivity index (χ3n) is 4.05. The third-order valence-corrected chi connectivity index (χ3v) is 4.05. The maximum Gasteiger partial charge on any atom is 0.253 e. The van der Waals surface area contributed by atoms with Crippen molar-refractivity contribution in [3.05, 3.63) is 47.5 Å². The number of hydrogen-bond donors (Lipinski definition) is 2. The van der Waals surface area contributed by atoms with E-state index in [1.807, 2.05) is 35.8 Å². The van der Waals surface area contributed by atoms with E-state index >= 15 is 0 Å². The summed E-state index contributed by atoms with van der Waals surface area (Å²) in [7, 11) is 3.52. The van der Waals surface area contributed by atoms with E-state index < -0.39 is 0 Å². The lowest BCUT2D eigenvalue weighted by Crippen LogP contribution is -2.38. The van der Waals surface area contributed by atoms with Crippen LogP contribution in [0.3, 0.4) is 0 Å². The van der Waals surface area contributed by atoms with Crippen LogP contribution in [-0.2, 0) is 19.5 Å². The van der Waals surface area contributed by atoms with Gasteiger partial charge in [0.05, 0.1) is 0 Å². The maximum atomic E-state index is 12.1. The summed E-state index contributed by atoms with van der Waals surface area (Å²) in [5.74, 6) is 1.59. The number of rotatable bonds is 8. The Morgan fingerprint density at radius 2 is 2.04 bits per heavy atom. The van der Waals surface area contributed by atoms with Crippen LogP contribution < -0.4 is 10.6 Å². The molecule has 154 valence electrons. The number of halogens is 1. The molecule has 0 radical (unpaired) electrons. The van der Waals surface area contributed by atoms with Crippen LogP contribution in [0.2, 0.25) is 0 Å². The van der Waals surface area contributed by atoms with Crippen molar-refractivity contribution in [1.29, 1.82) is 0 Å². The molecule has 0 aliphatic heterocycles. The monoisotopic (exact) mass is 499 g/mol. The highest BCUT2D eigenvalue weighted by atomic mass is 127. The molecule has 0 aliphatic carbocycles. The zero-order valence-electron chi connectivity index (χ0n) is 17.0. The van der Waals surface area contributed by atoms with Gasteiger partial charge in [-0.3, -0.25) is 4.79 Å². The zero-order chi connectivity index (χ0) is 19.6. The average molecular weight is 499 g/mol. The van der Waals surface area contributed by atoms with Crippen LogP contribution in [0, 0.1) is 0 Å². The summed E-state index contributed by atoms with van der Waals surface area (Å²) in [6, 6.07) is 7.73. The number of benzene rings is 1. The number of aromatic nitrogens is 3. The van der Waals surface area contributed by atoms with E-state index in [2.05, 4.69) is 32.7 Å². The molecule has 0 bridgehead atoms. The quantitative estimate of drug-likeness (QED) is 0.329. The van der Waals surface area contributed by atoms with Gasteiger partial charge in [0.25, 0.3) is 5.91 Å². The van der Waals surface area contributed by atoms with E-state index in [4.69, 9.17) is 0 Å². The van der Waals surface area contributed by atoms with Crippen LogP contribution >= 0.6 is 24.0 Å². The van der Waals surface area contributed by atoms with Crippen molar-refractivity contribution < 1.29 is 4.79 Å². The van der Waals surface area contributed by atoms with Crippen molar-refractivity contribution in [2.24, 2.45) is 4.99 Å². The lowest BCUT2D eigenvalue weighted by atomic mass is 10.1. The molecule has 0 fully saturated rings. The Kier molecular flexibility index (Phi) is 10.5. The fourth-order valence-electron chi connectivity index (χ4n) is 2.60. The van der Waals surface area contributed by atoms with Gasteiger partial charge in [-0.05, 0) is 38.0 Å². The van der Waals surface area contributed by atoms with Crippen molar-refractivity contribution in [2.75, 3.05) is 27.2 Å². The molecule has 1 aromatic heterocycles. The molecule has 2 rings (SSSR count). The lowest BCUT2D eigenvalue weighted by Gasteiger charge is -2.13. The molecule has 0 aliphatic rings. The predicted octanol–water partition coefficient (Wildman–Crippen LogP) is 1.92. The van der Waals surface area contributed by atoms with Gasteiger partial charge in [-0.2, -0.15) is 0 Å². The number of nitrogens with zero attached hydrogens (tertiary/aromatic N) is 5. The van der Waals surface area contributed by atoms with Crippen LogP contribution in [0.4, 0.5) is 0 Å². The summed E-state index contributed by atoms with van der Waals surface area (Å²) < 4.78 is 1.97. The minimum atomic E-state index is 0. The van der Waals surface area contributed by atoms with E-state index in [1.165, 1.54) is 0 Å². The highest BCUT2D eigenvalue weighted by Gasteiger charge is 2.08. The first-order chi connectivity index (χ1) is 13.0. The fraction of sp³-hybridized carbons (Fsp3) is 0.474. The second kappa shape index (κ2) is 12.3. The van der Waals surface area contributed by atoms with Crippen molar-refractivity contribution in [1.82, 2.24) is 30.3 Å². The van der Waals surface area contributed by atoms with Crippen molar-refractivity contribution in [3.63, 3.8) is 0 Å². The standard InChI is InChI=1S/C19H29N7O.HI/c1-5-20-19(22-13-17-24-23-14-26(17)6-2)21-11-10-15-8-7-9-16(12-15)18(27)25(3)4;/h7-9,12,14H,5-6,10-11,13H2,1-4H3,(H2,20,21,22);1H. The van der Waals surface area contributed by atoms with Crippen molar-refractivity contribution in [3.8, 4) is 0 Å². The summed E-state index contributed by atoms with van der Waals surface area (Å²) in [6.45, 7) is 6.86. The normalized spacial score (nSPS) is 10.9. The number of nitrogens with one attached hydrogen (secondary N) is 2. The highest BCUT2D eigenvalue weighted by Crippen LogP contribution is 2.07. The number of hydrogen-bond acceptors (Lipinski definition) is 4. The molecule has 1 heterocycles. The minimum Gasteiger partial charge on any atom is -0.357 e. The van der Waals surface area contributed by atoms with Gasteiger partial charge >= 0.3 is 0 Å². The van der Waals surface area contributed by atoms with Gasteiger partial charge in [0.15, 0.2) is 11.8 Å². The number of carbonyl (C=O) groups excluding carboxylic acids is 1. The number of amides is 1. The first-order valence-corrected chi connectivity index (χ1v) is 9.24. The minimum absolute atomic E-state index is 0. The van der Waals surface area contributed by atoms with Gasteiger partial charge in [0.2, 0.25) is 0 Å². The van der Waals surface area contributed by atoms with Crippen LogP contribution in [0.25, 0.3) is 0 Å². The predicted molar refractivity (Wildman–Crippen MR) is 122 cm³/mol. The largest absolute Gasteiger partial charge is 0.357 e. The Hall–Kier alpha value is -2.17. The van der Waals surface area contributed by atoms with Gasteiger partial charge in [0, 0.05) is 39.3 Å². The summed E-state index contributed by atoms with van der Waals surface area (Å²) in [4.78, 5) is 18.2. The molecule has 0 saturated heterocycles. The Labute approximate surface area is 183 Å². The Morgan fingerprint density at radius 3 is 2.71 bits per heavy atom. The van der Waals surface area contributed by atoms with E-state index in [9.17, 15) is 4.79 Å². The summed E-state index contributed by atoms with van der Waals surface area (Å²) in [6.07, 6.45) is 2.51. The lowest BCUT2D eigenvalue weighted by molar-refractivity contribution is 0.0827. The average Bonchev–Trinajstić information content (AvgIpc) is 3.13. The number of guanidine groups is 1. The smallest absolute Gasteiger partial charge is 0.253 e.